The number of anilines is 2. The van der Waals surface area contributed by atoms with Crippen molar-refractivity contribution in [2.24, 2.45) is 0 Å². The lowest BCUT2D eigenvalue weighted by Gasteiger charge is -2.17. The van der Waals surface area contributed by atoms with Gasteiger partial charge in [0.25, 0.3) is 11.8 Å². The summed E-state index contributed by atoms with van der Waals surface area (Å²) in [7, 11) is 0. The first-order chi connectivity index (χ1) is 15.3. The molecule has 0 saturated heterocycles. The summed E-state index contributed by atoms with van der Waals surface area (Å²) in [5.41, 5.74) is 1.24. The first kappa shape index (κ1) is 21.4. The van der Waals surface area contributed by atoms with Crippen molar-refractivity contribution in [3.8, 4) is 0 Å². The Kier molecular flexibility index (Phi) is 5.57. The van der Waals surface area contributed by atoms with E-state index in [-0.39, 0.29) is 17.0 Å². The van der Waals surface area contributed by atoms with E-state index in [9.17, 15) is 22.8 Å². The van der Waals surface area contributed by atoms with Crippen molar-refractivity contribution in [2.75, 3.05) is 10.2 Å². The molecule has 0 aliphatic carbocycles. The fraction of sp³-hybridized carbons (Fsp3) is 0.120. The lowest BCUT2D eigenvalue weighted by Crippen LogP contribution is -2.32. The van der Waals surface area contributed by atoms with Gasteiger partial charge in [0.2, 0.25) is 0 Å². The smallest absolute Gasteiger partial charge is 0.350 e. The Morgan fingerprint density at radius 3 is 2.16 bits per heavy atom. The molecule has 162 valence electrons. The second kappa shape index (κ2) is 8.34. The van der Waals surface area contributed by atoms with Gasteiger partial charge in [-0.05, 0) is 47.9 Å². The van der Waals surface area contributed by atoms with Crippen molar-refractivity contribution in [2.45, 2.75) is 19.5 Å². The van der Waals surface area contributed by atoms with E-state index < -0.39 is 23.6 Å². The summed E-state index contributed by atoms with van der Waals surface area (Å²) >= 11 is 0. The van der Waals surface area contributed by atoms with Crippen LogP contribution >= 0.6 is 0 Å². The van der Waals surface area contributed by atoms with Crippen molar-refractivity contribution in [3.63, 3.8) is 0 Å². The molecule has 4 nitrogen and oxygen atoms in total. The zero-order valence-corrected chi connectivity index (χ0v) is 17.1. The lowest BCUT2D eigenvalue weighted by atomic mass is 10.0. The Bertz CT molecular complexity index is 1200. The van der Waals surface area contributed by atoms with Crippen molar-refractivity contribution < 1.29 is 22.8 Å². The highest BCUT2D eigenvalue weighted by Gasteiger charge is 2.41. The van der Waals surface area contributed by atoms with Crippen molar-refractivity contribution >= 4 is 28.8 Å². The largest absolute Gasteiger partial charge is 0.416 e. The first-order valence-electron chi connectivity index (χ1n) is 10.0. The third kappa shape index (κ3) is 4.01. The van der Waals surface area contributed by atoms with Crippen LogP contribution in [0.1, 0.15) is 23.6 Å². The van der Waals surface area contributed by atoms with E-state index in [0.717, 1.165) is 29.0 Å². The highest BCUT2D eigenvalue weighted by atomic mass is 19.4. The number of hydrogen-bond acceptors (Lipinski definition) is 3. The molecular formula is C25H19F3N2O2. The van der Waals surface area contributed by atoms with Gasteiger partial charge in [-0.15, -0.1) is 0 Å². The summed E-state index contributed by atoms with van der Waals surface area (Å²) in [5.74, 6) is -1.40. The second-order valence-corrected chi connectivity index (χ2v) is 7.29. The maximum atomic E-state index is 13.3. The molecule has 0 atom stereocenters. The maximum Gasteiger partial charge on any atom is 0.416 e. The molecule has 0 radical (unpaired) electrons. The van der Waals surface area contributed by atoms with Crippen LogP contribution in [0.4, 0.5) is 24.5 Å². The fourth-order valence-corrected chi connectivity index (χ4v) is 3.54. The maximum absolute atomic E-state index is 13.3. The number of hydrogen-bond donors (Lipinski definition) is 1. The van der Waals surface area contributed by atoms with Crippen LogP contribution in [0.15, 0.2) is 84.6 Å². The number of benzene rings is 3. The molecule has 32 heavy (non-hydrogen) atoms. The van der Waals surface area contributed by atoms with Crippen molar-refractivity contribution in [1.29, 1.82) is 0 Å². The number of amides is 2. The average Bonchev–Trinajstić information content (AvgIpc) is 3.03. The van der Waals surface area contributed by atoms with Gasteiger partial charge in [-0.25, -0.2) is 4.90 Å². The Morgan fingerprint density at radius 1 is 0.844 bits per heavy atom. The molecule has 1 heterocycles. The topological polar surface area (TPSA) is 49.4 Å². The zero-order chi connectivity index (χ0) is 22.9. The van der Waals surface area contributed by atoms with E-state index >= 15 is 0 Å². The van der Waals surface area contributed by atoms with Gasteiger partial charge in [0.15, 0.2) is 0 Å². The van der Waals surface area contributed by atoms with Gasteiger partial charge in [-0.3, -0.25) is 9.59 Å². The molecule has 0 aromatic heterocycles. The number of halogens is 3. The quantitative estimate of drug-likeness (QED) is 0.525. The molecule has 1 aliphatic heterocycles. The van der Waals surface area contributed by atoms with Crippen molar-refractivity contribution in [3.05, 3.63) is 101 Å². The number of nitrogens with one attached hydrogen (secondary N) is 1. The SMILES string of the molecule is CCc1ccc(NC2=C(c3ccccc3)C(=O)N(c3cccc(C(F)(F)F)c3)C2=O)cc1. The number of carbonyl (C=O) groups is 2. The van der Waals surface area contributed by atoms with E-state index in [1.54, 1.807) is 42.5 Å². The van der Waals surface area contributed by atoms with Gasteiger partial charge in [-0.1, -0.05) is 55.5 Å². The van der Waals surface area contributed by atoms with E-state index in [4.69, 9.17) is 0 Å². The summed E-state index contributed by atoms with van der Waals surface area (Å²) in [6, 6.07) is 20.1. The number of imide groups is 1. The normalized spacial score (nSPS) is 14.3. The number of rotatable bonds is 5. The Labute approximate surface area is 183 Å². The molecular weight excluding hydrogens is 417 g/mol. The van der Waals surface area contributed by atoms with Gasteiger partial charge in [0.05, 0.1) is 16.8 Å². The third-order valence-electron chi connectivity index (χ3n) is 5.21. The van der Waals surface area contributed by atoms with Gasteiger partial charge in [0, 0.05) is 5.69 Å². The number of alkyl halides is 3. The monoisotopic (exact) mass is 436 g/mol. The Morgan fingerprint density at radius 2 is 1.53 bits per heavy atom. The van der Waals surface area contributed by atoms with Gasteiger partial charge in [-0.2, -0.15) is 13.2 Å². The van der Waals surface area contributed by atoms with Crippen LogP contribution in [0, 0.1) is 0 Å². The second-order valence-electron chi connectivity index (χ2n) is 7.29. The molecule has 2 amide bonds. The minimum absolute atomic E-state index is 0.0165. The zero-order valence-electron chi connectivity index (χ0n) is 17.1. The van der Waals surface area contributed by atoms with Crippen LogP contribution in [0.3, 0.4) is 0 Å². The standard InChI is InChI=1S/C25H19F3N2O2/c1-2-16-11-13-19(14-12-16)29-22-21(17-7-4-3-5-8-17)23(31)30(24(22)32)20-10-6-9-18(15-20)25(26,27)28/h3-15,29H,2H2,1H3. The highest BCUT2D eigenvalue weighted by Crippen LogP contribution is 2.36. The predicted molar refractivity (Wildman–Crippen MR) is 117 cm³/mol. The molecule has 0 fully saturated rings. The van der Waals surface area contributed by atoms with Gasteiger partial charge < -0.3 is 5.32 Å². The third-order valence-corrected chi connectivity index (χ3v) is 5.21. The van der Waals surface area contributed by atoms with Crippen LogP contribution < -0.4 is 10.2 Å². The molecule has 0 bridgehead atoms. The number of aryl methyl sites for hydroxylation is 1. The highest BCUT2D eigenvalue weighted by molar-refractivity contribution is 6.46. The molecule has 3 aromatic carbocycles. The fourth-order valence-electron chi connectivity index (χ4n) is 3.54. The summed E-state index contributed by atoms with van der Waals surface area (Å²) in [6.45, 7) is 2.02. The molecule has 0 spiro atoms. The summed E-state index contributed by atoms with van der Waals surface area (Å²) in [4.78, 5) is 27.4. The molecule has 1 N–H and O–H groups in total. The molecule has 3 aromatic rings. The minimum atomic E-state index is -4.60. The van der Waals surface area contributed by atoms with Crippen LogP contribution in [0.2, 0.25) is 0 Å². The summed E-state index contributed by atoms with van der Waals surface area (Å²) in [5, 5.41) is 3.01. The number of carbonyl (C=O) groups excluding carboxylic acids is 2. The van der Waals surface area contributed by atoms with Crippen LogP contribution in [-0.2, 0) is 22.2 Å². The Hall–Kier alpha value is -3.87. The Balaban J connectivity index is 1.78. The predicted octanol–water partition coefficient (Wildman–Crippen LogP) is 5.66. The molecule has 4 rings (SSSR count). The van der Waals surface area contributed by atoms with E-state index in [1.165, 1.54) is 12.1 Å². The van der Waals surface area contributed by atoms with Crippen LogP contribution in [0.5, 0.6) is 0 Å². The molecule has 0 unspecified atom stereocenters. The molecule has 7 heteroatoms. The van der Waals surface area contributed by atoms with Gasteiger partial charge in [0.1, 0.15) is 5.70 Å². The average molecular weight is 436 g/mol. The summed E-state index contributed by atoms with van der Waals surface area (Å²) in [6.07, 6.45) is -3.75. The van der Waals surface area contributed by atoms with Crippen LogP contribution in [0.25, 0.3) is 5.57 Å². The molecule has 1 aliphatic rings. The van der Waals surface area contributed by atoms with E-state index in [1.807, 2.05) is 19.1 Å². The van der Waals surface area contributed by atoms with E-state index in [0.29, 0.717) is 11.3 Å². The van der Waals surface area contributed by atoms with Crippen molar-refractivity contribution in [1.82, 2.24) is 0 Å². The lowest BCUT2D eigenvalue weighted by molar-refractivity contribution is -0.137. The molecule has 0 saturated carbocycles. The number of nitrogens with zero attached hydrogens (tertiary/aromatic N) is 1. The summed E-state index contributed by atoms with van der Waals surface area (Å²) < 4.78 is 39.6. The van der Waals surface area contributed by atoms with Gasteiger partial charge >= 0.3 is 6.18 Å². The van der Waals surface area contributed by atoms with Crippen LogP contribution in [-0.4, -0.2) is 11.8 Å². The first-order valence-corrected chi connectivity index (χ1v) is 10.0. The minimum Gasteiger partial charge on any atom is -0.350 e. The van der Waals surface area contributed by atoms with E-state index in [2.05, 4.69) is 5.32 Å².